The zero-order chi connectivity index (χ0) is 17.1. The molecule has 0 radical (unpaired) electrons. The summed E-state index contributed by atoms with van der Waals surface area (Å²) in [7, 11) is 0. The first-order chi connectivity index (χ1) is 11.5. The number of anilines is 1. The van der Waals surface area contributed by atoms with E-state index in [-0.39, 0.29) is 17.9 Å². The van der Waals surface area contributed by atoms with Crippen LogP contribution in [0.15, 0.2) is 6.07 Å². The van der Waals surface area contributed by atoms with E-state index in [0.29, 0.717) is 12.0 Å². The van der Waals surface area contributed by atoms with Crippen molar-refractivity contribution in [2.45, 2.75) is 65.1 Å². The molecule has 0 unspecified atom stereocenters. The molecule has 0 bridgehead atoms. The fraction of sp³-hybridized carbons (Fsp3) is 0.778. The fourth-order valence-corrected chi connectivity index (χ4v) is 3.81. The quantitative estimate of drug-likeness (QED) is 0.744. The van der Waals surface area contributed by atoms with Crippen LogP contribution in [-0.2, 0) is 11.3 Å². The van der Waals surface area contributed by atoms with Crippen LogP contribution in [0.4, 0.5) is 5.82 Å². The van der Waals surface area contributed by atoms with Gasteiger partial charge in [0.1, 0.15) is 5.82 Å². The van der Waals surface area contributed by atoms with E-state index in [1.165, 1.54) is 12.8 Å². The van der Waals surface area contributed by atoms with Crippen molar-refractivity contribution in [2.75, 3.05) is 18.4 Å². The average molecular weight is 333 g/mol. The molecule has 3 rings (SSSR count). The number of nitrogens with one attached hydrogen (secondary N) is 3. The van der Waals surface area contributed by atoms with Gasteiger partial charge in [0.25, 0.3) is 0 Å². The Bertz CT molecular complexity index is 562. The second-order valence-corrected chi connectivity index (χ2v) is 7.72. The van der Waals surface area contributed by atoms with Gasteiger partial charge in [0.15, 0.2) is 0 Å². The molecular weight excluding hydrogens is 302 g/mol. The van der Waals surface area contributed by atoms with Gasteiger partial charge in [-0.05, 0) is 25.7 Å². The SMILES string of the molecule is Cc1cc2n(n1)C[C@@H](CN[C@@H](C(=O)NC1CCCC1)C(C)C)CN2. The molecule has 1 amide bonds. The van der Waals surface area contributed by atoms with Crippen LogP contribution in [0.3, 0.4) is 0 Å². The van der Waals surface area contributed by atoms with Crippen molar-refractivity contribution >= 4 is 11.7 Å². The van der Waals surface area contributed by atoms with E-state index >= 15 is 0 Å². The van der Waals surface area contributed by atoms with Crippen LogP contribution >= 0.6 is 0 Å². The lowest BCUT2D eigenvalue weighted by atomic mass is 10.0. The maximum atomic E-state index is 12.6. The molecule has 2 heterocycles. The molecule has 1 aromatic heterocycles. The number of amides is 1. The van der Waals surface area contributed by atoms with Crippen LogP contribution in [0.2, 0.25) is 0 Å². The minimum absolute atomic E-state index is 0.119. The Labute approximate surface area is 144 Å². The number of nitrogens with zero attached hydrogens (tertiary/aromatic N) is 2. The number of aromatic nitrogens is 2. The summed E-state index contributed by atoms with van der Waals surface area (Å²) >= 11 is 0. The predicted octanol–water partition coefficient (Wildman–Crippen LogP) is 1.91. The highest BCUT2D eigenvalue weighted by molar-refractivity contribution is 5.82. The van der Waals surface area contributed by atoms with E-state index in [0.717, 1.165) is 44.0 Å². The molecule has 3 N–H and O–H groups in total. The van der Waals surface area contributed by atoms with Gasteiger partial charge in [-0.15, -0.1) is 0 Å². The van der Waals surface area contributed by atoms with E-state index < -0.39 is 0 Å². The predicted molar refractivity (Wildman–Crippen MR) is 96.0 cm³/mol. The van der Waals surface area contributed by atoms with E-state index in [1.54, 1.807) is 0 Å². The Morgan fingerprint density at radius 3 is 2.88 bits per heavy atom. The van der Waals surface area contributed by atoms with E-state index in [2.05, 4.69) is 41.0 Å². The van der Waals surface area contributed by atoms with E-state index in [9.17, 15) is 4.79 Å². The van der Waals surface area contributed by atoms with Gasteiger partial charge in [0.2, 0.25) is 5.91 Å². The smallest absolute Gasteiger partial charge is 0.237 e. The number of carbonyl (C=O) groups excluding carboxylic acids is 1. The fourth-order valence-electron chi connectivity index (χ4n) is 3.81. The molecule has 1 aliphatic carbocycles. The first kappa shape index (κ1) is 17.3. The number of rotatable bonds is 6. The van der Waals surface area contributed by atoms with Gasteiger partial charge in [-0.2, -0.15) is 5.10 Å². The molecule has 0 aromatic carbocycles. The number of carbonyl (C=O) groups is 1. The summed E-state index contributed by atoms with van der Waals surface area (Å²) < 4.78 is 2.04. The van der Waals surface area contributed by atoms with Gasteiger partial charge in [-0.3, -0.25) is 4.79 Å². The van der Waals surface area contributed by atoms with Crippen molar-refractivity contribution in [3.8, 4) is 0 Å². The number of aryl methyl sites for hydroxylation is 1. The van der Waals surface area contributed by atoms with Crippen molar-refractivity contribution in [1.82, 2.24) is 20.4 Å². The Kier molecular flexibility index (Phi) is 5.43. The molecule has 134 valence electrons. The molecule has 1 aromatic rings. The van der Waals surface area contributed by atoms with Crippen molar-refractivity contribution in [2.24, 2.45) is 11.8 Å². The topological polar surface area (TPSA) is 71.0 Å². The van der Waals surface area contributed by atoms with Crippen LogP contribution in [0.1, 0.15) is 45.2 Å². The largest absolute Gasteiger partial charge is 0.370 e. The van der Waals surface area contributed by atoms with Crippen molar-refractivity contribution < 1.29 is 4.79 Å². The van der Waals surface area contributed by atoms with E-state index in [4.69, 9.17) is 0 Å². The highest BCUT2D eigenvalue weighted by Gasteiger charge is 2.27. The Morgan fingerprint density at radius 2 is 2.17 bits per heavy atom. The van der Waals surface area contributed by atoms with Crippen LogP contribution in [-0.4, -0.2) is 40.9 Å². The van der Waals surface area contributed by atoms with Crippen LogP contribution < -0.4 is 16.0 Å². The van der Waals surface area contributed by atoms with Gasteiger partial charge < -0.3 is 16.0 Å². The van der Waals surface area contributed by atoms with Crippen LogP contribution in [0, 0.1) is 18.8 Å². The minimum Gasteiger partial charge on any atom is -0.370 e. The molecule has 2 atom stereocenters. The number of hydrogen-bond donors (Lipinski definition) is 3. The molecule has 2 aliphatic rings. The first-order valence-corrected chi connectivity index (χ1v) is 9.35. The normalized spacial score (nSPS) is 22.2. The molecule has 0 saturated heterocycles. The second-order valence-electron chi connectivity index (χ2n) is 7.72. The van der Waals surface area contributed by atoms with Crippen molar-refractivity contribution in [1.29, 1.82) is 0 Å². The first-order valence-electron chi connectivity index (χ1n) is 9.35. The molecule has 0 spiro atoms. The van der Waals surface area contributed by atoms with Crippen LogP contribution in [0.25, 0.3) is 0 Å². The van der Waals surface area contributed by atoms with Gasteiger partial charge in [0, 0.05) is 37.7 Å². The Hall–Kier alpha value is -1.56. The zero-order valence-corrected chi connectivity index (χ0v) is 15.1. The maximum Gasteiger partial charge on any atom is 0.237 e. The molecular formula is C18H31N5O. The highest BCUT2D eigenvalue weighted by atomic mass is 16.2. The molecule has 1 aliphatic heterocycles. The lowest BCUT2D eigenvalue weighted by Gasteiger charge is -2.29. The monoisotopic (exact) mass is 333 g/mol. The molecule has 24 heavy (non-hydrogen) atoms. The summed E-state index contributed by atoms with van der Waals surface area (Å²) in [6.45, 7) is 8.89. The minimum atomic E-state index is -0.119. The van der Waals surface area contributed by atoms with Gasteiger partial charge in [-0.25, -0.2) is 4.68 Å². The zero-order valence-electron chi connectivity index (χ0n) is 15.1. The second kappa shape index (κ2) is 7.55. The standard InChI is InChI=1S/C18H31N5O/c1-12(2)17(18(24)21-15-6-4-5-7-15)20-10-14-9-19-16-8-13(3)22-23(16)11-14/h8,12,14-15,17,19-20H,4-7,9-11H2,1-3H3,(H,21,24)/t14-,17-/m1/s1. The summed E-state index contributed by atoms with van der Waals surface area (Å²) in [6, 6.07) is 2.34. The van der Waals surface area contributed by atoms with Crippen molar-refractivity contribution in [3.05, 3.63) is 11.8 Å². The molecule has 6 heteroatoms. The average Bonchev–Trinajstić information content (AvgIpc) is 3.14. The number of hydrogen-bond acceptors (Lipinski definition) is 4. The van der Waals surface area contributed by atoms with E-state index in [1.807, 2.05) is 11.6 Å². The van der Waals surface area contributed by atoms with Crippen molar-refractivity contribution in [3.63, 3.8) is 0 Å². The summed E-state index contributed by atoms with van der Waals surface area (Å²) in [5.41, 5.74) is 1.04. The lowest BCUT2D eigenvalue weighted by Crippen LogP contribution is -2.51. The summed E-state index contributed by atoms with van der Waals surface area (Å²) in [6.07, 6.45) is 4.74. The maximum absolute atomic E-state index is 12.6. The third-order valence-electron chi connectivity index (χ3n) is 5.18. The third kappa shape index (κ3) is 4.09. The summed E-state index contributed by atoms with van der Waals surface area (Å²) in [5, 5.41) is 14.7. The molecule has 1 saturated carbocycles. The molecule has 1 fully saturated rings. The number of fused-ring (bicyclic) bond motifs is 1. The van der Waals surface area contributed by atoms with Gasteiger partial charge in [-0.1, -0.05) is 26.7 Å². The third-order valence-corrected chi connectivity index (χ3v) is 5.18. The molecule has 6 nitrogen and oxygen atoms in total. The van der Waals surface area contributed by atoms with Crippen LogP contribution in [0.5, 0.6) is 0 Å². The Morgan fingerprint density at radius 1 is 1.42 bits per heavy atom. The van der Waals surface area contributed by atoms with Gasteiger partial charge in [0.05, 0.1) is 11.7 Å². The summed E-state index contributed by atoms with van der Waals surface area (Å²) in [5.74, 6) is 1.99. The highest BCUT2D eigenvalue weighted by Crippen LogP contribution is 2.19. The van der Waals surface area contributed by atoms with Gasteiger partial charge >= 0.3 is 0 Å². The summed E-state index contributed by atoms with van der Waals surface area (Å²) in [4.78, 5) is 12.6. The lowest BCUT2D eigenvalue weighted by molar-refractivity contribution is -0.124. The Balaban J connectivity index is 1.51.